The minimum atomic E-state index is -4.52. The average molecular weight is 357 g/mol. The molecule has 136 valence electrons. The van der Waals surface area contributed by atoms with Crippen molar-refractivity contribution in [1.29, 1.82) is 0 Å². The summed E-state index contributed by atoms with van der Waals surface area (Å²) in [6.07, 6.45) is -3.48. The van der Waals surface area contributed by atoms with E-state index >= 15 is 0 Å². The number of rotatable bonds is 4. The quantitative estimate of drug-likeness (QED) is 0.805. The van der Waals surface area contributed by atoms with Gasteiger partial charge in [0.2, 0.25) is 5.91 Å². The predicted molar refractivity (Wildman–Crippen MR) is 82.7 cm³/mol. The van der Waals surface area contributed by atoms with Gasteiger partial charge in [-0.05, 0) is 25.0 Å². The van der Waals surface area contributed by atoms with Gasteiger partial charge in [-0.15, -0.1) is 0 Å². The maximum absolute atomic E-state index is 12.8. The van der Waals surface area contributed by atoms with Crippen LogP contribution in [-0.4, -0.2) is 42.3 Å². The van der Waals surface area contributed by atoms with Crippen LogP contribution in [0.5, 0.6) is 0 Å². The number of benzene rings is 1. The van der Waals surface area contributed by atoms with Crippen LogP contribution in [0.4, 0.5) is 18.0 Å². The summed E-state index contributed by atoms with van der Waals surface area (Å²) >= 11 is 0. The first-order valence-corrected chi connectivity index (χ1v) is 7.71. The molecular weight excluding hydrogens is 339 g/mol. The van der Waals surface area contributed by atoms with Gasteiger partial charge in [0.1, 0.15) is 0 Å². The fourth-order valence-electron chi connectivity index (χ4n) is 2.78. The van der Waals surface area contributed by atoms with Gasteiger partial charge in [0.25, 0.3) is 0 Å². The number of likely N-dealkylation sites (tertiary alicyclic amines) is 1. The summed E-state index contributed by atoms with van der Waals surface area (Å²) < 4.78 is 38.3. The van der Waals surface area contributed by atoms with Crippen molar-refractivity contribution >= 4 is 17.7 Å². The summed E-state index contributed by atoms with van der Waals surface area (Å²) in [4.78, 5) is 36.6. The van der Waals surface area contributed by atoms with Crippen molar-refractivity contribution in [2.24, 2.45) is 11.7 Å². The number of ketones is 1. The van der Waals surface area contributed by atoms with E-state index in [4.69, 9.17) is 5.73 Å². The SMILES string of the molecule is NC(=O)NCC(=O)N1CCCC(C(=O)c2cccc(C(F)(F)F)c2)C1. The fraction of sp³-hybridized carbons (Fsp3) is 0.438. The molecule has 1 unspecified atom stereocenters. The van der Waals surface area contributed by atoms with Crippen LogP contribution in [0, 0.1) is 5.92 Å². The number of nitrogens with one attached hydrogen (secondary N) is 1. The Morgan fingerprint density at radius 1 is 1.28 bits per heavy atom. The minimum absolute atomic E-state index is 0.0237. The molecule has 0 saturated carbocycles. The van der Waals surface area contributed by atoms with Crippen LogP contribution in [0.15, 0.2) is 24.3 Å². The Balaban J connectivity index is 2.07. The van der Waals surface area contributed by atoms with Gasteiger partial charge < -0.3 is 16.0 Å². The van der Waals surface area contributed by atoms with E-state index in [0.29, 0.717) is 19.4 Å². The first-order chi connectivity index (χ1) is 11.7. The predicted octanol–water partition coefficient (Wildman–Crippen LogP) is 1.79. The zero-order valence-electron chi connectivity index (χ0n) is 13.3. The summed E-state index contributed by atoms with van der Waals surface area (Å²) in [5.74, 6) is -1.39. The fourth-order valence-corrected chi connectivity index (χ4v) is 2.78. The van der Waals surface area contributed by atoms with Gasteiger partial charge in [-0.2, -0.15) is 13.2 Å². The second kappa shape index (κ2) is 7.54. The molecule has 6 nitrogen and oxygen atoms in total. The van der Waals surface area contributed by atoms with Crippen molar-refractivity contribution in [3.8, 4) is 0 Å². The molecule has 1 fully saturated rings. The van der Waals surface area contributed by atoms with Crippen LogP contribution >= 0.6 is 0 Å². The largest absolute Gasteiger partial charge is 0.416 e. The molecule has 1 aromatic rings. The van der Waals surface area contributed by atoms with Crippen molar-refractivity contribution in [2.45, 2.75) is 19.0 Å². The molecule has 1 atom stereocenters. The molecule has 2 rings (SSSR count). The second-order valence-electron chi connectivity index (χ2n) is 5.84. The number of urea groups is 1. The monoisotopic (exact) mass is 357 g/mol. The molecule has 9 heteroatoms. The van der Waals surface area contributed by atoms with E-state index in [2.05, 4.69) is 5.32 Å². The Morgan fingerprint density at radius 3 is 2.64 bits per heavy atom. The zero-order chi connectivity index (χ0) is 18.6. The summed E-state index contributed by atoms with van der Waals surface area (Å²) in [7, 11) is 0. The normalized spacial score (nSPS) is 17.9. The van der Waals surface area contributed by atoms with Crippen LogP contribution < -0.4 is 11.1 Å². The lowest BCUT2D eigenvalue weighted by Crippen LogP contribution is -2.47. The van der Waals surface area contributed by atoms with Crippen molar-refractivity contribution in [3.05, 3.63) is 35.4 Å². The molecule has 1 saturated heterocycles. The molecule has 0 radical (unpaired) electrons. The van der Waals surface area contributed by atoms with Crippen LogP contribution in [0.1, 0.15) is 28.8 Å². The third kappa shape index (κ3) is 4.94. The lowest BCUT2D eigenvalue weighted by molar-refractivity contribution is -0.137. The number of primary amides is 1. The molecule has 0 aliphatic carbocycles. The molecule has 3 N–H and O–H groups in total. The Labute approximate surface area is 142 Å². The molecule has 1 heterocycles. The molecule has 1 aliphatic heterocycles. The van der Waals surface area contributed by atoms with Crippen LogP contribution in [-0.2, 0) is 11.0 Å². The summed E-state index contributed by atoms with van der Waals surface area (Å²) in [6.45, 7) is 0.250. The van der Waals surface area contributed by atoms with Crippen molar-refractivity contribution in [3.63, 3.8) is 0 Å². The van der Waals surface area contributed by atoms with Crippen molar-refractivity contribution < 1.29 is 27.6 Å². The van der Waals surface area contributed by atoms with Crippen molar-refractivity contribution in [2.75, 3.05) is 19.6 Å². The second-order valence-corrected chi connectivity index (χ2v) is 5.84. The lowest BCUT2D eigenvalue weighted by Gasteiger charge is -2.32. The number of Topliss-reactive ketones (excluding diaryl/α,β-unsaturated/α-hetero) is 1. The number of carbonyl (C=O) groups is 3. The Kier molecular flexibility index (Phi) is 5.66. The molecule has 1 aromatic carbocycles. The topological polar surface area (TPSA) is 92.5 Å². The molecule has 0 aromatic heterocycles. The van der Waals surface area contributed by atoms with Gasteiger partial charge in [0, 0.05) is 24.6 Å². The Bertz CT molecular complexity index is 676. The van der Waals surface area contributed by atoms with Crippen LogP contribution in [0.2, 0.25) is 0 Å². The maximum Gasteiger partial charge on any atom is 0.416 e. The van der Waals surface area contributed by atoms with Gasteiger partial charge in [0.05, 0.1) is 12.1 Å². The highest BCUT2D eigenvalue weighted by molar-refractivity contribution is 5.98. The van der Waals surface area contributed by atoms with Crippen LogP contribution in [0.25, 0.3) is 0 Å². The highest BCUT2D eigenvalue weighted by atomic mass is 19.4. The van der Waals surface area contributed by atoms with E-state index in [0.717, 1.165) is 12.1 Å². The van der Waals surface area contributed by atoms with Crippen molar-refractivity contribution in [1.82, 2.24) is 10.2 Å². The molecular formula is C16H18F3N3O3. The molecule has 3 amide bonds. The summed E-state index contributed by atoms with van der Waals surface area (Å²) in [5, 5.41) is 2.18. The molecule has 0 spiro atoms. The first kappa shape index (κ1) is 18.8. The van der Waals surface area contributed by atoms with Gasteiger partial charge in [-0.25, -0.2) is 4.79 Å². The van der Waals surface area contributed by atoms with E-state index in [1.807, 2.05) is 0 Å². The van der Waals surface area contributed by atoms with E-state index < -0.39 is 29.5 Å². The van der Waals surface area contributed by atoms with E-state index in [1.54, 1.807) is 0 Å². The van der Waals surface area contributed by atoms with E-state index in [-0.39, 0.29) is 24.6 Å². The third-order valence-corrected chi connectivity index (χ3v) is 4.03. The van der Waals surface area contributed by atoms with E-state index in [9.17, 15) is 27.6 Å². The maximum atomic E-state index is 12.8. The molecule has 25 heavy (non-hydrogen) atoms. The number of carbonyl (C=O) groups excluding carboxylic acids is 3. The van der Waals surface area contributed by atoms with E-state index in [1.165, 1.54) is 17.0 Å². The highest BCUT2D eigenvalue weighted by Gasteiger charge is 2.33. The van der Waals surface area contributed by atoms with Gasteiger partial charge in [-0.3, -0.25) is 9.59 Å². The average Bonchev–Trinajstić information content (AvgIpc) is 2.58. The van der Waals surface area contributed by atoms with Gasteiger partial charge in [0.15, 0.2) is 5.78 Å². The summed E-state index contributed by atoms with van der Waals surface area (Å²) in [5.41, 5.74) is 4.00. The molecule has 0 bridgehead atoms. The van der Waals surface area contributed by atoms with Crippen LogP contribution in [0.3, 0.4) is 0 Å². The Morgan fingerprint density at radius 2 is 2.00 bits per heavy atom. The molecule has 1 aliphatic rings. The number of alkyl halides is 3. The number of piperidine rings is 1. The zero-order valence-corrected chi connectivity index (χ0v) is 13.3. The Hall–Kier alpha value is -2.58. The number of hydrogen-bond donors (Lipinski definition) is 2. The first-order valence-electron chi connectivity index (χ1n) is 7.71. The number of nitrogens with zero attached hydrogens (tertiary/aromatic N) is 1. The lowest BCUT2D eigenvalue weighted by atomic mass is 9.89. The number of hydrogen-bond acceptors (Lipinski definition) is 3. The number of nitrogens with two attached hydrogens (primary N) is 1. The summed E-state index contributed by atoms with van der Waals surface area (Å²) in [6, 6.07) is 3.44. The minimum Gasteiger partial charge on any atom is -0.352 e. The number of halogens is 3. The number of amides is 3. The van der Waals surface area contributed by atoms with Gasteiger partial charge >= 0.3 is 12.2 Å². The van der Waals surface area contributed by atoms with Gasteiger partial charge in [-0.1, -0.05) is 12.1 Å². The smallest absolute Gasteiger partial charge is 0.352 e. The standard InChI is InChI=1S/C16H18F3N3O3/c17-16(18,19)12-5-1-3-10(7-12)14(24)11-4-2-6-22(9-11)13(23)8-21-15(20)25/h1,3,5,7,11H,2,4,6,8-9H2,(H3,20,21,25). The third-order valence-electron chi connectivity index (χ3n) is 4.03. The highest BCUT2D eigenvalue weighted by Crippen LogP contribution is 2.30.